The van der Waals surface area contributed by atoms with E-state index in [0.717, 1.165) is 36.2 Å². The lowest BCUT2D eigenvalue weighted by Crippen LogP contribution is -2.42. The molecule has 1 N–H and O–H groups in total. The van der Waals surface area contributed by atoms with Crippen LogP contribution in [0.2, 0.25) is 0 Å². The van der Waals surface area contributed by atoms with Gasteiger partial charge in [0.2, 0.25) is 0 Å². The molecule has 2 aromatic rings. The Bertz CT molecular complexity index is 796. The van der Waals surface area contributed by atoms with Crippen LogP contribution in [0.1, 0.15) is 48.4 Å². The second-order valence-corrected chi connectivity index (χ2v) is 7.05. The number of amides is 1. The summed E-state index contributed by atoms with van der Waals surface area (Å²) in [6.07, 6.45) is 3.27. The third kappa shape index (κ3) is 3.64. The highest BCUT2D eigenvalue weighted by atomic mass is 16.5. The molecule has 0 fully saturated rings. The average molecular weight is 355 g/mol. The number of aromatic nitrogens is 2. The number of carbonyl (C=O) groups is 2. The topological polar surface area (TPSA) is 73.2 Å². The molecule has 1 heterocycles. The fourth-order valence-electron chi connectivity index (χ4n) is 3.46. The van der Waals surface area contributed by atoms with E-state index in [-0.39, 0.29) is 11.8 Å². The van der Waals surface area contributed by atoms with Gasteiger partial charge in [0.1, 0.15) is 6.04 Å². The van der Waals surface area contributed by atoms with Crippen LogP contribution in [-0.4, -0.2) is 34.8 Å². The summed E-state index contributed by atoms with van der Waals surface area (Å²) in [5.41, 5.74) is 3.43. The normalized spacial score (nSPS) is 14.2. The minimum atomic E-state index is -0.661. The maximum Gasteiger partial charge on any atom is 0.328 e. The van der Waals surface area contributed by atoms with Gasteiger partial charge in [0, 0.05) is 11.3 Å². The molecule has 1 aromatic carbocycles. The molecule has 138 valence electrons. The van der Waals surface area contributed by atoms with Crippen LogP contribution in [0.4, 0.5) is 0 Å². The molecule has 1 amide bonds. The van der Waals surface area contributed by atoms with Gasteiger partial charge in [-0.25, -0.2) is 9.48 Å². The minimum absolute atomic E-state index is 0.256. The number of para-hydroxylation sites is 1. The molecule has 0 spiro atoms. The first kappa shape index (κ1) is 18.2. The van der Waals surface area contributed by atoms with Crippen molar-refractivity contribution in [3.8, 4) is 5.69 Å². The van der Waals surface area contributed by atoms with Crippen molar-refractivity contribution in [1.29, 1.82) is 0 Å². The molecule has 0 radical (unpaired) electrons. The van der Waals surface area contributed by atoms with E-state index in [9.17, 15) is 9.59 Å². The number of hydrogen-bond donors (Lipinski definition) is 1. The van der Waals surface area contributed by atoms with Gasteiger partial charge in [-0.05, 0) is 43.7 Å². The highest BCUT2D eigenvalue weighted by Gasteiger charge is 2.30. The predicted molar refractivity (Wildman–Crippen MR) is 98.3 cm³/mol. The van der Waals surface area contributed by atoms with Gasteiger partial charge >= 0.3 is 5.97 Å². The zero-order valence-corrected chi connectivity index (χ0v) is 15.5. The molecule has 6 nitrogen and oxygen atoms in total. The Labute approximate surface area is 153 Å². The highest BCUT2D eigenvalue weighted by Crippen LogP contribution is 2.28. The quantitative estimate of drug-likeness (QED) is 0.809. The number of esters is 1. The standard InChI is InChI=1S/C20H25N3O3/c1-13(2)12-16(20(25)26-3)21-19(24)18-15-10-7-11-17(15)23(22-18)14-8-5-4-6-9-14/h4-6,8-9,13,16H,7,10-12H2,1-3H3,(H,21,24). The Morgan fingerprint density at radius 1 is 1.23 bits per heavy atom. The smallest absolute Gasteiger partial charge is 0.328 e. The van der Waals surface area contributed by atoms with Gasteiger partial charge in [0.25, 0.3) is 5.91 Å². The van der Waals surface area contributed by atoms with Crippen molar-refractivity contribution in [2.45, 2.75) is 45.6 Å². The molecular weight excluding hydrogens is 330 g/mol. The van der Waals surface area contributed by atoms with E-state index in [4.69, 9.17) is 4.74 Å². The van der Waals surface area contributed by atoms with E-state index in [1.807, 2.05) is 48.9 Å². The lowest BCUT2D eigenvalue weighted by molar-refractivity contribution is -0.143. The largest absolute Gasteiger partial charge is 0.467 e. The Morgan fingerprint density at radius 3 is 2.62 bits per heavy atom. The van der Waals surface area contributed by atoms with Crippen LogP contribution in [-0.2, 0) is 22.4 Å². The summed E-state index contributed by atoms with van der Waals surface area (Å²) in [5, 5.41) is 7.39. The summed E-state index contributed by atoms with van der Waals surface area (Å²) < 4.78 is 6.69. The molecule has 0 bridgehead atoms. The maximum absolute atomic E-state index is 12.9. The van der Waals surface area contributed by atoms with Crippen LogP contribution in [0.25, 0.3) is 5.69 Å². The van der Waals surface area contributed by atoms with Gasteiger partial charge in [-0.3, -0.25) is 4.79 Å². The van der Waals surface area contributed by atoms with Crippen molar-refractivity contribution in [2.75, 3.05) is 7.11 Å². The summed E-state index contributed by atoms with van der Waals surface area (Å²) >= 11 is 0. The van der Waals surface area contributed by atoms with Gasteiger partial charge in [-0.1, -0.05) is 32.0 Å². The first-order valence-corrected chi connectivity index (χ1v) is 9.06. The van der Waals surface area contributed by atoms with Crippen molar-refractivity contribution in [3.05, 3.63) is 47.3 Å². The Morgan fingerprint density at radius 2 is 1.96 bits per heavy atom. The van der Waals surface area contributed by atoms with Crippen LogP contribution in [0.15, 0.2) is 30.3 Å². The molecule has 26 heavy (non-hydrogen) atoms. The average Bonchev–Trinajstić information content (AvgIpc) is 3.23. The van der Waals surface area contributed by atoms with Gasteiger partial charge in [-0.15, -0.1) is 0 Å². The van der Waals surface area contributed by atoms with Crippen LogP contribution in [0.3, 0.4) is 0 Å². The van der Waals surface area contributed by atoms with Crippen molar-refractivity contribution in [2.24, 2.45) is 5.92 Å². The number of carbonyl (C=O) groups excluding carboxylic acids is 2. The molecule has 0 aliphatic heterocycles. The van der Waals surface area contributed by atoms with Crippen LogP contribution >= 0.6 is 0 Å². The fourth-order valence-corrected chi connectivity index (χ4v) is 3.46. The van der Waals surface area contributed by atoms with Crippen LogP contribution < -0.4 is 5.32 Å². The van der Waals surface area contributed by atoms with Gasteiger partial charge < -0.3 is 10.1 Å². The van der Waals surface area contributed by atoms with Crippen molar-refractivity contribution in [1.82, 2.24) is 15.1 Å². The number of benzene rings is 1. The molecule has 1 atom stereocenters. The Hall–Kier alpha value is -2.63. The minimum Gasteiger partial charge on any atom is -0.467 e. The molecule has 1 unspecified atom stereocenters. The van der Waals surface area contributed by atoms with E-state index in [2.05, 4.69) is 10.4 Å². The van der Waals surface area contributed by atoms with Crippen molar-refractivity contribution >= 4 is 11.9 Å². The van der Waals surface area contributed by atoms with E-state index in [0.29, 0.717) is 12.1 Å². The number of methoxy groups -OCH3 is 1. The number of nitrogens with zero attached hydrogens (tertiary/aromatic N) is 2. The van der Waals surface area contributed by atoms with E-state index >= 15 is 0 Å². The summed E-state index contributed by atoms with van der Waals surface area (Å²) in [6.45, 7) is 4.01. The maximum atomic E-state index is 12.9. The van der Waals surface area contributed by atoms with Crippen molar-refractivity contribution in [3.63, 3.8) is 0 Å². The molecule has 0 saturated carbocycles. The predicted octanol–water partition coefficient (Wildman–Crippen LogP) is 2.68. The van der Waals surface area contributed by atoms with Gasteiger partial charge in [-0.2, -0.15) is 5.10 Å². The SMILES string of the molecule is COC(=O)C(CC(C)C)NC(=O)c1nn(-c2ccccc2)c2c1CCC2. The number of nitrogens with one attached hydrogen (secondary N) is 1. The zero-order chi connectivity index (χ0) is 18.7. The third-order valence-corrected chi connectivity index (χ3v) is 4.64. The second-order valence-electron chi connectivity index (χ2n) is 7.05. The Kier molecular flexibility index (Phi) is 5.40. The molecule has 6 heteroatoms. The van der Waals surface area contributed by atoms with Crippen LogP contribution in [0.5, 0.6) is 0 Å². The number of fused-ring (bicyclic) bond motifs is 1. The third-order valence-electron chi connectivity index (χ3n) is 4.64. The summed E-state index contributed by atoms with van der Waals surface area (Å²) in [5.74, 6) is -0.480. The first-order chi connectivity index (χ1) is 12.5. The van der Waals surface area contributed by atoms with E-state index in [1.54, 1.807) is 0 Å². The number of ether oxygens (including phenoxy) is 1. The van der Waals surface area contributed by atoms with E-state index < -0.39 is 12.0 Å². The molecule has 0 saturated heterocycles. The fraction of sp³-hybridized carbons (Fsp3) is 0.450. The molecular formula is C20H25N3O3. The lowest BCUT2D eigenvalue weighted by atomic mass is 10.0. The van der Waals surface area contributed by atoms with Crippen LogP contribution in [0, 0.1) is 5.92 Å². The second kappa shape index (κ2) is 7.72. The number of hydrogen-bond acceptors (Lipinski definition) is 4. The lowest BCUT2D eigenvalue weighted by Gasteiger charge is -2.18. The summed E-state index contributed by atoms with van der Waals surface area (Å²) in [7, 11) is 1.34. The molecule has 1 aliphatic rings. The molecule has 3 rings (SSSR count). The molecule has 1 aromatic heterocycles. The number of rotatable bonds is 6. The Balaban J connectivity index is 1.89. The van der Waals surface area contributed by atoms with Crippen molar-refractivity contribution < 1.29 is 14.3 Å². The van der Waals surface area contributed by atoms with E-state index in [1.165, 1.54) is 7.11 Å². The highest BCUT2D eigenvalue weighted by molar-refractivity contribution is 5.96. The zero-order valence-electron chi connectivity index (χ0n) is 15.5. The van der Waals surface area contributed by atoms with Gasteiger partial charge in [0.05, 0.1) is 12.8 Å². The summed E-state index contributed by atoms with van der Waals surface area (Å²) in [6, 6.07) is 9.15. The molecule has 1 aliphatic carbocycles. The van der Waals surface area contributed by atoms with Gasteiger partial charge in [0.15, 0.2) is 5.69 Å². The first-order valence-electron chi connectivity index (χ1n) is 9.06. The summed E-state index contributed by atoms with van der Waals surface area (Å²) in [4.78, 5) is 24.9. The monoisotopic (exact) mass is 355 g/mol.